The van der Waals surface area contributed by atoms with Gasteiger partial charge < -0.3 is 14.8 Å². The predicted octanol–water partition coefficient (Wildman–Crippen LogP) is 5.14. The van der Waals surface area contributed by atoms with E-state index in [0.717, 1.165) is 0 Å². The summed E-state index contributed by atoms with van der Waals surface area (Å²) in [4.78, 5) is 36.4. The predicted molar refractivity (Wildman–Crippen MR) is 99.8 cm³/mol. The summed E-state index contributed by atoms with van der Waals surface area (Å²) in [5.41, 5.74) is -5.01. The van der Waals surface area contributed by atoms with Crippen LogP contribution in [0.1, 0.15) is 62.0 Å². The number of amides is 1. The van der Waals surface area contributed by atoms with Crippen molar-refractivity contribution in [3.05, 3.63) is 34.9 Å². The van der Waals surface area contributed by atoms with Crippen molar-refractivity contribution >= 4 is 17.8 Å². The molecule has 0 saturated carbocycles. The summed E-state index contributed by atoms with van der Waals surface area (Å²) in [7, 11) is 0. The highest BCUT2D eigenvalue weighted by Gasteiger charge is 2.37. The van der Waals surface area contributed by atoms with Gasteiger partial charge in [0.15, 0.2) is 5.78 Å². The van der Waals surface area contributed by atoms with Crippen LogP contribution in [0, 0.1) is 0 Å². The molecule has 0 aliphatic heterocycles. The van der Waals surface area contributed by atoms with E-state index >= 15 is 0 Å². The van der Waals surface area contributed by atoms with E-state index in [1.807, 2.05) is 0 Å². The Balaban J connectivity index is 3.09. The average Bonchev–Trinajstić information content (AvgIpc) is 2.61. The first-order valence-corrected chi connectivity index (χ1v) is 9.43. The number of hydrogen-bond donors (Lipinski definition) is 1. The molecule has 12 heteroatoms. The largest absolute Gasteiger partial charge is 0.464 e. The number of benzene rings is 1. The number of hydrogen-bond acceptors (Lipinski definition) is 5. The quantitative estimate of drug-likeness (QED) is 0.338. The fourth-order valence-corrected chi connectivity index (χ4v) is 2.48. The van der Waals surface area contributed by atoms with Gasteiger partial charge in [0.25, 0.3) is 0 Å². The molecule has 1 aromatic rings. The molecule has 0 spiro atoms. The third-order valence-electron chi connectivity index (χ3n) is 3.83. The van der Waals surface area contributed by atoms with Crippen molar-refractivity contribution in [2.45, 2.75) is 64.5 Å². The molecule has 1 aromatic carbocycles. The fourth-order valence-electron chi connectivity index (χ4n) is 2.48. The second-order valence-electron chi connectivity index (χ2n) is 7.71. The Labute approximate surface area is 180 Å². The third-order valence-corrected chi connectivity index (χ3v) is 3.83. The van der Waals surface area contributed by atoms with Crippen molar-refractivity contribution in [1.29, 1.82) is 0 Å². The van der Waals surface area contributed by atoms with Crippen LogP contribution in [0.2, 0.25) is 0 Å². The van der Waals surface area contributed by atoms with Crippen molar-refractivity contribution in [2.24, 2.45) is 0 Å². The number of carbonyl (C=O) groups excluding carboxylic acids is 3. The summed E-state index contributed by atoms with van der Waals surface area (Å²) in [6.07, 6.45) is -12.3. The molecule has 1 amide bonds. The number of carbonyl (C=O) groups is 3. The van der Waals surface area contributed by atoms with Gasteiger partial charge in [-0.3, -0.25) is 4.79 Å². The molecule has 0 bridgehead atoms. The number of ether oxygens (including phenoxy) is 2. The Bertz CT molecular complexity index is 810. The van der Waals surface area contributed by atoms with E-state index in [-0.39, 0.29) is 12.7 Å². The molecule has 1 unspecified atom stereocenters. The number of alkyl halides is 6. The topological polar surface area (TPSA) is 81.7 Å². The van der Waals surface area contributed by atoms with Crippen molar-refractivity contribution in [3.63, 3.8) is 0 Å². The molecule has 0 radical (unpaired) electrons. The third kappa shape index (κ3) is 8.75. The molecular formula is C20H23F6NO5. The second kappa shape index (κ2) is 10.2. The van der Waals surface area contributed by atoms with Gasteiger partial charge in [-0.25, -0.2) is 9.59 Å². The molecule has 6 nitrogen and oxygen atoms in total. The lowest BCUT2D eigenvalue weighted by atomic mass is 9.98. The summed E-state index contributed by atoms with van der Waals surface area (Å²) >= 11 is 0. The van der Waals surface area contributed by atoms with E-state index in [1.54, 1.807) is 20.8 Å². The molecular weight excluding hydrogens is 448 g/mol. The van der Waals surface area contributed by atoms with Gasteiger partial charge in [0.05, 0.1) is 17.7 Å². The number of Topliss-reactive ketones (excluding diaryl/α,β-unsaturated/α-hetero) is 1. The standard InChI is InChI=1S/C20H23F6NO5/c1-5-31-16(29)14(27-17(30)32-18(2,3)4)6-7-15(28)11-8-12(19(21,22)23)10-13(9-11)20(24,25)26/h8-10,14H,5-7H2,1-4H3,(H,27,30). The van der Waals surface area contributed by atoms with Crippen LogP contribution in [0.3, 0.4) is 0 Å². The number of halogens is 6. The minimum atomic E-state index is -5.11. The van der Waals surface area contributed by atoms with E-state index in [9.17, 15) is 40.7 Å². The molecule has 1 rings (SSSR count). The molecule has 1 N–H and O–H groups in total. The van der Waals surface area contributed by atoms with Crippen LogP contribution in [-0.2, 0) is 26.6 Å². The molecule has 0 aliphatic rings. The van der Waals surface area contributed by atoms with E-state index < -0.39 is 71.4 Å². The Morgan fingerprint density at radius 3 is 1.84 bits per heavy atom. The van der Waals surface area contributed by atoms with Crippen LogP contribution in [-0.4, -0.2) is 36.1 Å². The van der Waals surface area contributed by atoms with Crippen LogP contribution in [0.15, 0.2) is 18.2 Å². The summed E-state index contributed by atoms with van der Waals surface area (Å²) < 4.78 is 87.7. The van der Waals surface area contributed by atoms with E-state index in [1.165, 1.54) is 6.92 Å². The summed E-state index contributed by atoms with van der Waals surface area (Å²) in [6.45, 7) is 6.08. The Morgan fingerprint density at radius 1 is 0.938 bits per heavy atom. The zero-order chi connectivity index (χ0) is 24.9. The van der Waals surface area contributed by atoms with E-state index in [2.05, 4.69) is 5.32 Å². The molecule has 32 heavy (non-hydrogen) atoms. The smallest absolute Gasteiger partial charge is 0.416 e. The molecule has 0 fully saturated rings. The maximum Gasteiger partial charge on any atom is 0.416 e. The summed E-state index contributed by atoms with van der Waals surface area (Å²) in [6, 6.07) is -0.889. The Hall–Kier alpha value is -2.79. The maximum atomic E-state index is 13.0. The van der Waals surface area contributed by atoms with Gasteiger partial charge in [-0.15, -0.1) is 0 Å². The lowest BCUT2D eigenvalue weighted by molar-refractivity contribution is -0.146. The number of ketones is 1. The lowest BCUT2D eigenvalue weighted by Gasteiger charge is -2.22. The summed E-state index contributed by atoms with van der Waals surface area (Å²) in [5, 5.41) is 2.19. The monoisotopic (exact) mass is 471 g/mol. The first-order chi connectivity index (χ1) is 14.4. The first-order valence-electron chi connectivity index (χ1n) is 9.43. The Kier molecular flexibility index (Phi) is 8.70. The average molecular weight is 471 g/mol. The highest BCUT2D eigenvalue weighted by molar-refractivity contribution is 5.97. The number of alkyl carbamates (subject to hydrolysis) is 1. The molecule has 0 aliphatic carbocycles. The van der Waals surface area contributed by atoms with Crippen LogP contribution in [0.4, 0.5) is 31.1 Å². The van der Waals surface area contributed by atoms with Crippen molar-refractivity contribution < 1.29 is 50.2 Å². The molecule has 0 heterocycles. The van der Waals surface area contributed by atoms with Crippen molar-refractivity contribution in [1.82, 2.24) is 5.32 Å². The lowest BCUT2D eigenvalue weighted by Crippen LogP contribution is -2.44. The zero-order valence-corrected chi connectivity index (χ0v) is 17.7. The van der Waals surface area contributed by atoms with Crippen LogP contribution >= 0.6 is 0 Å². The fraction of sp³-hybridized carbons (Fsp3) is 0.550. The van der Waals surface area contributed by atoms with Crippen molar-refractivity contribution in [3.8, 4) is 0 Å². The van der Waals surface area contributed by atoms with Crippen LogP contribution in [0.5, 0.6) is 0 Å². The van der Waals surface area contributed by atoms with Gasteiger partial charge in [0, 0.05) is 12.0 Å². The number of rotatable bonds is 7. The molecule has 0 aromatic heterocycles. The van der Waals surface area contributed by atoms with Crippen LogP contribution < -0.4 is 5.32 Å². The minimum absolute atomic E-state index is 0.0676. The highest BCUT2D eigenvalue weighted by Crippen LogP contribution is 2.36. The van der Waals surface area contributed by atoms with Gasteiger partial charge >= 0.3 is 24.4 Å². The number of esters is 1. The van der Waals surface area contributed by atoms with Crippen molar-refractivity contribution in [2.75, 3.05) is 6.61 Å². The molecule has 0 saturated heterocycles. The van der Waals surface area contributed by atoms with E-state index in [0.29, 0.717) is 12.1 Å². The minimum Gasteiger partial charge on any atom is -0.464 e. The SMILES string of the molecule is CCOC(=O)C(CCC(=O)c1cc(C(F)(F)F)cc(C(F)(F)F)c1)NC(=O)OC(C)(C)C. The van der Waals surface area contributed by atoms with E-state index in [4.69, 9.17) is 9.47 Å². The normalized spacial score (nSPS) is 13.3. The Morgan fingerprint density at radius 2 is 1.44 bits per heavy atom. The second-order valence-corrected chi connectivity index (χ2v) is 7.71. The van der Waals surface area contributed by atoms with Gasteiger partial charge in [-0.2, -0.15) is 26.3 Å². The van der Waals surface area contributed by atoms with Gasteiger partial charge in [0.1, 0.15) is 11.6 Å². The van der Waals surface area contributed by atoms with Gasteiger partial charge in [-0.1, -0.05) is 0 Å². The highest BCUT2D eigenvalue weighted by atomic mass is 19.4. The van der Waals surface area contributed by atoms with Gasteiger partial charge in [0.2, 0.25) is 0 Å². The molecule has 1 atom stereocenters. The summed E-state index contributed by atoms with van der Waals surface area (Å²) in [5.74, 6) is -2.02. The van der Waals surface area contributed by atoms with Gasteiger partial charge in [-0.05, 0) is 52.3 Å². The molecule has 180 valence electrons. The number of nitrogens with one attached hydrogen (secondary N) is 1. The van der Waals surface area contributed by atoms with Crippen LogP contribution in [0.25, 0.3) is 0 Å². The maximum absolute atomic E-state index is 13.0. The zero-order valence-electron chi connectivity index (χ0n) is 17.7. The first kappa shape index (κ1) is 27.2.